The predicted octanol–water partition coefficient (Wildman–Crippen LogP) is -0.630. The van der Waals surface area contributed by atoms with Crippen molar-refractivity contribution in [3.63, 3.8) is 0 Å². The molecule has 0 radical (unpaired) electrons. The van der Waals surface area contributed by atoms with Crippen LogP contribution in [0.3, 0.4) is 0 Å². The summed E-state index contributed by atoms with van der Waals surface area (Å²) in [5, 5.41) is 0. The van der Waals surface area contributed by atoms with Crippen LogP contribution in [0.25, 0.3) is 0 Å². The van der Waals surface area contributed by atoms with Crippen LogP contribution in [-0.2, 0) is 10.0 Å². The second-order valence-electron chi connectivity index (χ2n) is 3.19. The minimum absolute atomic E-state index is 0.0211. The number of nitrogens with two attached hydrogens (primary N) is 1. The van der Waals surface area contributed by atoms with E-state index < -0.39 is 10.0 Å². The zero-order valence-corrected chi connectivity index (χ0v) is 10.0. The molecule has 0 aliphatic rings. The molecule has 0 aliphatic carbocycles. The van der Waals surface area contributed by atoms with Gasteiger partial charge in [-0.1, -0.05) is 11.3 Å². The summed E-state index contributed by atoms with van der Waals surface area (Å²) in [6.45, 7) is 3.40. The first-order valence-corrected chi connectivity index (χ1v) is 6.59. The number of H-pyrrole nitrogens is 1. The van der Waals surface area contributed by atoms with Crippen molar-refractivity contribution in [2.24, 2.45) is 5.73 Å². The molecule has 1 atom stereocenters. The zero-order chi connectivity index (χ0) is 11.6. The maximum absolute atomic E-state index is 11.7. The van der Waals surface area contributed by atoms with Crippen molar-refractivity contribution in [3.8, 4) is 0 Å². The first-order chi connectivity index (χ1) is 6.86. The summed E-state index contributed by atoms with van der Waals surface area (Å²) < 4.78 is 25.8. The van der Waals surface area contributed by atoms with Crippen LogP contribution in [0.1, 0.15) is 12.6 Å². The van der Waals surface area contributed by atoms with Crippen LogP contribution in [0.5, 0.6) is 0 Å². The van der Waals surface area contributed by atoms with Crippen molar-refractivity contribution in [2.45, 2.75) is 24.1 Å². The summed E-state index contributed by atoms with van der Waals surface area (Å²) in [4.78, 5) is 13.0. The molecule has 1 heterocycles. The standard InChI is InChI=1S/C7H13N3O3S2/c1-4(3-8)10-15(12,13)6-5(2)9-7(11)14-6/h4,10H,3,8H2,1-2H3,(H,9,11). The Labute approximate surface area is 91.6 Å². The van der Waals surface area contributed by atoms with Crippen LogP contribution in [0.4, 0.5) is 0 Å². The minimum Gasteiger partial charge on any atom is -0.329 e. The summed E-state index contributed by atoms with van der Waals surface area (Å²) in [6.07, 6.45) is 0. The van der Waals surface area contributed by atoms with E-state index in [0.717, 1.165) is 0 Å². The number of rotatable bonds is 4. The van der Waals surface area contributed by atoms with E-state index in [0.29, 0.717) is 17.0 Å². The Kier molecular flexibility index (Phi) is 3.66. The molecule has 8 heteroatoms. The van der Waals surface area contributed by atoms with Crippen LogP contribution in [0, 0.1) is 6.92 Å². The second-order valence-corrected chi connectivity index (χ2v) is 6.08. The Morgan fingerprint density at radius 2 is 2.20 bits per heavy atom. The Bertz CT molecular complexity index is 488. The Balaban J connectivity index is 3.06. The van der Waals surface area contributed by atoms with E-state index in [1.165, 1.54) is 0 Å². The van der Waals surface area contributed by atoms with Gasteiger partial charge >= 0.3 is 4.87 Å². The molecule has 4 N–H and O–H groups in total. The maximum atomic E-state index is 11.7. The second kappa shape index (κ2) is 4.44. The lowest BCUT2D eigenvalue weighted by Crippen LogP contribution is -2.37. The number of hydrogen-bond acceptors (Lipinski definition) is 5. The van der Waals surface area contributed by atoms with E-state index in [1.54, 1.807) is 13.8 Å². The van der Waals surface area contributed by atoms with Gasteiger partial charge in [0, 0.05) is 18.3 Å². The van der Waals surface area contributed by atoms with E-state index in [4.69, 9.17) is 5.73 Å². The third-order valence-electron chi connectivity index (χ3n) is 1.74. The number of sulfonamides is 1. The van der Waals surface area contributed by atoms with Crippen LogP contribution in [-0.4, -0.2) is 26.0 Å². The average molecular weight is 251 g/mol. The molecule has 0 saturated carbocycles. The summed E-state index contributed by atoms with van der Waals surface area (Å²) in [5.74, 6) is 0. The number of nitrogens with one attached hydrogen (secondary N) is 2. The number of aryl methyl sites for hydroxylation is 1. The van der Waals surface area contributed by atoms with Crippen molar-refractivity contribution in [1.82, 2.24) is 9.71 Å². The Morgan fingerprint density at radius 3 is 2.60 bits per heavy atom. The normalized spacial score (nSPS) is 14.1. The predicted molar refractivity (Wildman–Crippen MR) is 58.5 cm³/mol. The topological polar surface area (TPSA) is 105 Å². The number of hydrogen-bond donors (Lipinski definition) is 3. The van der Waals surface area contributed by atoms with Crippen LogP contribution in [0.15, 0.2) is 9.00 Å². The molecule has 0 saturated heterocycles. The molecule has 0 amide bonds. The van der Waals surface area contributed by atoms with Gasteiger partial charge in [-0.2, -0.15) is 0 Å². The van der Waals surface area contributed by atoms with Crippen LogP contribution >= 0.6 is 11.3 Å². The largest absolute Gasteiger partial charge is 0.329 e. The first kappa shape index (κ1) is 12.4. The van der Waals surface area contributed by atoms with Crippen molar-refractivity contribution >= 4 is 21.4 Å². The molecule has 6 nitrogen and oxygen atoms in total. The Morgan fingerprint density at radius 1 is 1.60 bits per heavy atom. The number of thiazole rings is 1. The fourth-order valence-corrected chi connectivity index (χ4v) is 3.59. The summed E-state index contributed by atoms with van der Waals surface area (Å²) in [5.41, 5.74) is 5.66. The molecule has 1 unspecified atom stereocenters. The molecule has 0 fully saturated rings. The molecule has 15 heavy (non-hydrogen) atoms. The summed E-state index contributed by atoms with van der Waals surface area (Å²) >= 11 is 0.671. The van der Waals surface area contributed by atoms with E-state index >= 15 is 0 Å². The fourth-order valence-electron chi connectivity index (χ4n) is 1.01. The van der Waals surface area contributed by atoms with Gasteiger partial charge in [0.05, 0.1) is 0 Å². The van der Waals surface area contributed by atoms with Gasteiger partial charge in [-0.05, 0) is 13.8 Å². The van der Waals surface area contributed by atoms with E-state index in [-0.39, 0.29) is 21.7 Å². The third-order valence-corrected chi connectivity index (χ3v) is 4.93. The lowest BCUT2D eigenvalue weighted by molar-refractivity contribution is 0.564. The SMILES string of the molecule is Cc1[nH]c(=O)sc1S(=O)(=O)NC(C)CN. The highest BCUT2D eigenvalue weighted by atomic mass is 32.2. The summed E-state index contributed by atoms with van der Waals surface area (Å²) in [7, 11) is -3.62. The quantitative estimate of drug-likeness (QED) is 0.662. The van der Waals surface area contributed by atoms with Gasteiger partial charge in [0.25, 0.3) is 10.0 Å². The highest BCUT2D eigenvalue weighted by Gasteiger charge is 2.21. The average Bonchev–Trinajstić information content (AvgIpc) is 2.45. The minimum atomic E-state index is -3.62. The lowest BCUT2D eigenvalue weighted by Gasteiger charge is -2.10. The van der Waals surface area contributed by atoms with Crippen molar-refractivity contribution in [2.75, 3.05) is 6.54 Å². The van der Waals surface area contributed by atoms with E-state index in [1.807, 2.05) is 0 Å². The van der Waals surface area contributed by atoms with Crippen molar-refractivity contribution < 1.29 is 8.42 Å². The summed E-state index contributed by atoms with van der Waals surface area (Å²) in [6, 6.07) is -0.355. The van der Waals surface area contributed by atoms with Crippen molar-refractivity contribution in [1.29, 1.82) is 0 Å². The molecular formula is C7H13N3O3S2. The molecular weight excluding hydrogens is 238 g/mol. The van der Waals surface area contributed by atoms with Gasteiger partial charge in [0.2, 0.25) is 0 Å². The van der Waals surface area contributed by atoms with Gasteiger partial charge in [0.15, 0.2) is 4.21 Å². The molecule has 0 bridgehead atoms. The smallest absolute Gasteiger partial charge is 0.305 e. The molecule has 1 rings (SSSR count). The molecule has 0 aromatic carbocycles. The van der Waals surface area contributed by atoms with Gasteiger partial charge in [0.1, 0.15) is 0 Å². The third kappa shape index (κ3) is 2.88. The van der Waals surface area contributed by atoms with E-state index in [2.05, 4.69) is 9.71 Å². The fraction of sp³-hybridized carbons (Fsp3) is 0.571. The molecule has 0 aliphatic heterocycles. The molecule has 1 aromatic heterocycles. The molecule has 0 spiro atoms. The molecule has 1 aromatic rings. The van der Waals surface area contributed by atoms with Gasteiger partial charge in [-0.25, -0.2) is 13.1 Å². The monoisotopic (exact) mass is 251 g/mol. The van der Waals surface area contributed by atoms with Gasteiger partial charge in [-0.15, -0.1) is 0 Å². The zero-order valence-electron chi connectivity index (χ0n) is 8.40. The van der Waals surface area contributed by atoms with Crippen LogP contribution < -0.4 is 15.3 Å². The highest BCUT2D eigenvalue weighted by Crippen LogP contribution is 2.15. The highest BCUT2D eigenvalue weighted by molar-refractivity contribution is 7.91. The first-order valence-electron chi connectivity index (χ1n) is 4.29. The number of aromatic nitrogens is 1. The van der Waals surface area contributed by atoms with Gasteiger partial charge in [-0.3, -0.25) is 4.79 Å². The van der Waals surface area contributed by atoms with E-state index in [9.17, 15) is 13.2 Å². The van der Waals surface area contributed by atoms with Crippen molar-refractivity contribution in [3.05, 3.63) is 15.4 Å². The van der Waals surface area contributed by atoms with Gasteiger partial charge < -0.3 is 10.7 Å². The van der Waals surface area contributed by atoms with Crippen LogP contribution in [0.2, 0.25) is 0 Å². The number of aromatic amines is 1. The Hall–Kier alpha value is -0.700. The maximum Gasteiger partial charge on any atom is 0.305 e. The molecule has 86 valence electrons. The lowest BCUT2D eigenvalue weighted by atomic mass is 10.4.